The maximum Gasteiger partial charge on any atom is 0.243 e. The Morgan fingerprint density at radius 2 is 1.50 bits per heavy atom. The first-order valence-electron chi connectivity index (χ1n) is 9.38. The van der Waals surface area contributed by atoms with Crippen molar-refractivity contribution in [2.45, 2.75) is 4.90 Å². The summed E-state index contributed by atoms with van der Waals surface area (Å²) in [7, 11) is 1.25. The third-order valence-electron chi connectivity index (χ3n) is 5.11. The standard InChI is InChI=1S/C20H23N3O5S2/c1-26-14-4-6-15(7-5-14)30(24,25)23-12-10-22(11-13-23)20-21-18-16(27-2)8-9-17(28-3)19(18)29-20/h4-9H,10-13H2,1-3H3. The number of hydrogen-bond acceptors (Lipinski definition) is 8. The van der Waals surface area contributed by atoms with Crippen LogP contribution in [0.1, 0.15) is 0 Å². The quantitative estimate of drug-likeness (QED) is 0.572. The van der Waals surface area contributed by atoms with E-state index in [4.69, 9.17) is 19.2 Å². The van der Waals surface area contributed by atoms with E-state index in [1.165, 1.54) is 15.6 Å². The first-order valence-corrected chi connectivity index (χ1v) is 11.6. The number of aromatic nitrogens is 1. The molecule has 30 heavy (non-hydrogen) atoms. The Hall–Kier alpha value is -2.56. The second-order valence-corrected chi connectivity index (χ2v) is 9.63. The maximum atomic E-state index is 13.0. The van der Waals surface area contributed by atoms with Gasteiger partial charge in [0.05, 0.1) is 26.2 Å². The highest BCUT2D eigenvalue weighted by molar-refractivity contribution is 7.89. The van der Waals surface area contributed by atoms with Crippen LogP contribution in [-0.2, 0) is 10.0 Å². The molecular formula is C20H23N3O5S2. The molecule has 1 aromatic heterocycles. The Labute approximate surface area is 179 Å². The molecule has 0 unspecified atom stereocenters. The summed E-state index contributed by atoms with van der Waals surface area (Å²) in [5.74, 6) is 2.06. The monoisotopic (exact) mass is 449 g/mol. The molecule has 3 aromatic rings. The van der Waals surface area contributed by atoms with Gasteiger partial charge in [-0.25, -0.2) is 13.4 Å². The van der Waals surface area contributed by atoms with Gasteiger partial charge >= 0.3 is 0 Å². The highest BCUT2D eigenvalue weighted by Crippen LogP contribution is 2.40. The molecule has 0 saturated carbocycles. The van der Waals surface area contributed by atoms with Gasteiger partial charge in [-0.3, -0.25) is 0 Å². The number of ether oxygens (including phenoxy) is 3. The van der Waals surface area contributed by atoms with Crippen molar-refractivity contribution in [3.8, 4) is 17.2 Å². The summed E-state index contributed by atoms with van der Waals surface area (Å²) in [6.07, 6.45) is 0. The number of sulfonamides is 1. The average molecular weight is 450 g/mol. The first kappa shape index (κ1) is 20.7. The van der Waals surface area contributed by atoms with Gasteiger partial charge in [0, 0.05) is 26.2 Å². The number of methoxy groups -OCH3 is 3. The van der Waals surface area contributed by atoms with Gasteiger partial charge in [-0.1, -0.05) is 11.3 Å². The van der Waals surface area contributed by atoms with Gasteiger partial charge in [0.1, 0.15) is 27.5 Å². The van der Waals surface area contributed by atoms with Gasteiger partial charge in [0.2, 0.25) is 10.0 Å². The van der Waals surface area contributed by atoms with E-state index in [-0.39, 0.29) is 4.90 Å². The molecule has 1 aliphatic rings. The summed E-state index contributed by atoms with van der Waals surface area (Å²) in [6.45, 7) is 1.89. The van der Waals surface area contributed by atoms with E-state index >= 15 is 0 Å². The van der Waals surface area contributed by atoms with Crippen LogP contribution in [0.25, 0.3) is 10.2 Å². The van der Waals surface area contributed by atoms with Gasteiger partial charge in [-0.15, -0.1) is 0 Å². The van der Waals surface area contributed by atoms with Gasteiger partial charge in [-0.2, -0.15) is 4.31 Å². The number of thiazole rings is 1. The lowest BCUT2D eigenvalue weighted by Gasteiger charge is -2.33. The lowest BCUT2D eigenvalue weighted by Crippen LogP contribution is -2.48. The Morgan fingerprint density at radius 1 is 0.867 bits per heavy atom. The highest BCUT2D eigenvalue weighted by Gasteiger charge is 2.30. The topological polar surface area (TPSA) is 81.2 Å². The summed E-state index contributed by atoms with van der Waals surface area (Å²) in [5, 5.41) is 0.828. The minimum absolute atomic E-state index is 0.270. The molecule has 1 aliphatic heterocycles. The summed E-state index contributed by atoms with van der Waals surface area (Å²) in [5.41, 5.74) is 0.755. The van der Waals surface area contributed by atoms with Crippen molar-refractivity contribution < 1.29 is 22.6 Å². The molecule has 1 saturated heterocycles. The van der Waals surface area contributed by atoms with Gasteiger partial charge in [0.15, 0.2) is 5.13 Å². The zero-order valence-electron chi connectivity index (χ0n) is 17.0. The van der Waals surface area contributed by atoms with E-state index in [0.717, 1.165) is 21.1 Å². The van der Waals surface area contributed by atoms with E-state index in [0.29, 0.717) is 37.7 Å². The number of fused-ring (bicyclic) bond motifs is 1. The van der Waals surface area contributed by atoms with Crippen LogP contribution < -0.4 is 19.1 Å². The number of hydrogen-bond donors (Lipinski definition) is 0. The molecule has 160 valence electrons. The van der Waals surface area contributed by atoms with Crippen molar-refractivity contribution in [1.29, 1.82) is 0 Å². The highest BCUT2D eigenvalue weighted by atomic mass is 32.2. The normalized spacial score (nSPS) is 15.4. The molecule has 10 heteroatoms. The van der Waals surface area contributed by atoms with Crippen LogP contribution in [0.15, 0.2) is 41.3 Å². The molecule has 0 radical (unpaired) electrons. The molecule has 8 nitrogen and oxygen atoms in total. The number of benzene rings is 2. The summed E-state index contributed by atoms with van der Waals surface area (Å²) in [4.78, 5) is 7.11. The molecule has 2 heterocycles. The Morgan fingerprint density at radius 3 is 2.10 bits per heavy atom. The van der Waals surface area contributed by atoms with Crippen molar-refractivity contribution >= 4 is 36.7 Å². The van der Waals surface area contributed by atoms with Gasteiger partial charge in [0.25, 0.3) is 0 Å². The average Bonchev–Trinajstić information content (AvgIpc) is 3.24. The maximum absolute atomic E-state index is 13.0. The second kappa shape index (κ2) is 8.29. The van der Waals surface area contributed by atoms with E-state index in [2.05, 4.69) is 4.90 Å². The Kier molecular flexibility index (Phi) is 5.72. The Balaban J connectivity index is 1.53. The van der Waals surface area contributed by atoms with Crippen LogP contribution >= 0.6 is 11.3 Å². The molecule has 0 spiro atoms. The second-order valence-electron chi connectivity index (χ2n) is 6.71. The molecule has 0 aliphatic carbocycles. The van der Waals surface area contributed by atoms with Crippen molar-refractivity contribution in [1.82, 2.24) is 9.29 Å². The molecular weight excluding hydrogens is 426 g/mol. The Bertz CT molecular complexity index is 1100. The van der Waals surface area contributed by atoms with Crippen LogP contribution in [0, 0.1) is 0 Å². The van der Waals surface area contributed by atoms with Crippen LogP contribution in [-0.4, -0.2) is 65.2 Å². The minimum Gasteiger partial charge on any atom is -0.497 e. The first-order chi connectivity index (χ1) is 14.5. The fraction of sp³-hybridized carbons (Fsp3) is 0.350. The van der Waals surface area contributed by atoms with Crippen LogP contribution in [0.2, 0.25) is 0 Å². The zero-order valence-corrected chi connectivity index (χ0v) is 18.6. The fourth-order valence-corrected chi connectivity index (χ4v) is 5.97. The number of rotatable bonds is 6. The molecule has 0 bridgehead atoms. The summed E-state index contributed by atoms with van der Waals surface area (Å²) >= 11 is 1.52. The fourth-order valence-electron chi connectivity index (χ4n) is 3.43. The molecule has 2 aromatic carbocycles. The van der Waals surface area contributed by atoms with Crippen molar-refractivity contribution in [2.75, 3.05) is 52.4 Å². The van der Waals surface area contributed by atoms with Crippen molar-refractivity contribution in [2.24, 2.45) is 0 Å². The van der Waals surface area contributed by atoms with Crippen LogP contribution in [0.4, 0.5) is 5.13 Å². The van der Waals surface area contributed by atoms with Crippen LogP contribution in [0.3, 0.4) is 0 Å². The van der Waals surface area contributed by atoms with Crippen LogP contribution in [0.5, 0.6) is 17.2 Å². The van der Waals surface area contributed by atoms with E-state index in [9.17, 15) is 8.42 Å². The predicted molar refractivity (Wildman–Crippen MR) is 117 cm³/mol. The lowest BCUT2D eigenvalue weighted by molar-refractivity contribution is 0.384. The minimum atomic E-state index is -3.54. The molecule has 0 amide bonds. The van der Waals surface area contributed by atoms with Crippen molar-refractivity contribution in [3.63, 3.8) is 0 Å². The van der Waals surface area contributed by atoms with Crippen molar-refractivity contribution in [3.05, 3.63) is 36.4 Å². The van der Waals surface area contributed by atoms with E-state index < -0.39 is 10.0 Å². The van der Waals surface area contributed by atoms with Gasteiger partial charge in [-0.05, 0) is 36.4 Å². The number of piperazine rings is 1. The van der Waals surface area contributed by atoms with E-state index in [1.54, 1.807) is 45.6 Å². The SMILES string of the molecule is COc1ccc(S(=O)(=O)N2CCN(c3nc4c(OC)ccc(OC)c4s3)CC2)cc1. The number of nitrogens with zero attached hydrogens (tertiary/aromatic N) is 3. The largest absolute Gasteiger partial charge is 0.497 e. The lowest BCUT2D eigenvalue weighted by atomic mass is 10.3. The summed E-state index contributed by atoms with van der Waals surface area (Å²) < 4.78 is 44.3. The smallest absolute Gasteiger partial charge is 0.243 e. The van der Waals surface area contributed by atoms with Gasteiger partial charge < -0.3 is 19.1 Å². The predicted octanol–water partition coefficient (Wildman–Crippen LogP) is 2.83. The third-order valence-corrected chi connectivity index (χ3v) is 8.15. The molecule has 1 fully saturated rings. The molecule has 0 atom stereocenters. The zero-order chi connectivity index (χ0) is 21.3. The third kappa shape index (κ3) is 3.66. The molecule has 4 rings (SSSR count). The number of anilines is 1. The van der Waals surface area contributed by atoms with E-state index in [1.807, 2.05) is 12.1 Å². The summed E-state index contributed by atoms with van der Waals surface area (Å²) in [6, 6.07) is 10.2. The molecule has 0 N–H and O–H groups in total.